The smallest absolute Gasteiger partial charge is 0.0572 e. The summed E-state index contributed by atoms with van der Waals surface area (Å²) in [6, 6.07) is 0. The number of rotatable bonds is 4. The number of ether oxygens (including phenoxy) is 1. The highest BCUT2D eigenvalue weighted by Crippen LogP contribution is 2.39. The summed E-state index contributed by atoms with van der Waals surface area (Å²) < 4.78 is 5.49. The Kier molecular flexibility index (Phi) is 4.60. The van der Waals surface area contributed by atoms with Gasteiger partial charge < -0.3 is 10.1 Å². The van der Waals surface area contributed by atoms with E-state index in [0.717, 1.165) is 5.92 Å². The van der Waals surface area contributed by atoms with E-state index in [9.17, 15) is 0 Å². The van der Waals surface area contributed by atoms with Gasteiger partial charge >= 0.3 is 0 Å². The Morgan fingerprint density at radius 1 is 1.47 bits per heavy atom. The Balaban J connectivity index is 2.70. The van der Waals surface area contributed by atoms with Crippen molar-refractivity contribution in [1.29, 1.82) is 0 Å². The third-order valence-electron chi connectivity index (χ3n) is 4.34. The maximum Gasteiger partial charge on any atom is 0.0572 e. The third kappa shape index (κ3) is 2.94. The second-order valence-corrected chi connectivity index (χ2v) is 5.33. The maximum absolute atomic E-state index is 5.49. The predicted octanol–water partition coefficient (Wildman–Crippen LogP) is 2.83. The SMILES string of the molecule is CC[C@]1(NC)CC(C)C[C@H](C(C)OC)C1. The standard InChI is InChI=1S/C13H27NO/c1-6-13(14-4)8-10(2)7-12(9-13)11(3)15-5/h10-12,14H,6-9H2,1-5H3/t10?,11?,12-,13-/m0/s1. The van der Waals surface area contributed by atoms with Crippen molar-refractivity contribution in [2.45, 2.75) is 58.1 Å². The minimum atomic E-state index is 0.356. The van der Waals surface area contributed by atoms with Crippen LogP contribution in [0.4, 0.5) is 0 Å². The largest absolute Gasteiger partial charge is 0.381 e. The normalized spacial score (nSPS) is 39.0. The molecule has 1 fully saturated rings. The Hall–Kier alpha value is -0.0800. The van der Waals surface area contributed by atoms with E-state index in [1.54, 1.807) is 0 Å². The van der Waals surface area contributed by atoms with Gasteiger partial charge in [0.15, 0.2) is 0 Å². The Labute approximate surface area is 94.8 Å². The van der Waals surface area contributed by atoms with Crippen LogP contribution in [-0.4, -0.2) is 25.8 Å². The molecule has 1 N–H and O–H groups in total. The van der Waals surface area contributed by atoms with Crippen LogP contribution in [0.15, 0.2) is 0 Å². The van der Waals surface area contributed by atoms with Crippen molar-refractivity contribution in [3.8, 4) is 0 Å². The average molecular weight is 213 g/mol. The second kappa shape index (κ2) is 5.31. The first-order valence-electron chi connectivity index (χ1n) is 6.28. The van der Waals surface area contributed by atoms with Gasteiger partial charge in [0.05, 0.1) is 6.10 Å². The van der Waals surface area contributed by atoms with Gasteiger partial charge in [-0.3, -0.25) is 0 Å². The molecule has 2 heteroatoms. The van der Waals surface area contributed by atoms with Crippen LogP contribution in [0.1, 0.15) is 46.5 Å². The molecule has 1 aliphatic rings. The van der Waals surface area contributed by atoms with Gasteiger partial charge in [-0.1, -0.05) is 13.8 Å². The van der Waals surface area contributed by atoms with E-state index in [2.05, 4.69) is 33.1 Å². The van der Waals surface area contributed by atoms with Crippen LogP contribution >= 0.6 is 0 Å². The molecule has 0 aromatic carbocycles. The highest BCUT2D eigenvalue weighted by Gasteiger charge is 2.38. The van der Waals surface area contributed by atoms with Gasteiger partial charge in [0.1, 0.15) is 0 Å². The summed E-state index contributed by atoms with van der Waals surface area (Å²) in [5, 5.41) is 3.55. The summed E-state index contributed by atoms with van der Waals surface area (Å²) in [7, 11) is 3.94. The van der Waals surface area contributed by atoms with E-state index in [-0.39, 0.29) is 0 Å². The van der Waals surface area contributed by atoms with Crippen LogP contribution in [0.3, 0.4) is 0 Å². The maximum atomic E-state index is 5.49. The summed E-state index contributed by atoms with van der Waals surface area (Å²) in [6.45, 7) is 6.87. The van der Waals surface area contributed by atoms with E-state index < -0.39 is 0 Å². The fourth-order valence-electron chi connectivity index (χ4n) is 3.16. The van der Waals surface area contributed by atoms with Gasteiger partial charge in [-0.15, -0.1) is 0 Å². The fraction of sp³-hybridized carbons (Fsp3) is 1.00. The van der Waals surface area contributed by atoms with Crippen molar-refractivity contribution in [2.24, 2.45) is 11.8 Å². The summed E-state index contributed by atoms with van der Waals surface area (Å²) in [6.07, 6.45) is 5.51. The lowest BCUT2D eigenvalue weighted by Gasteiger charge is -2.45. The lowest BCUT2D eigenvalue weighted by atomic mass is 9.68. The van der Waals surface area contributed by atoms with Crippen molar-refractivity contribution >= 4 is 0 Å². The molecule has 90 valence electrons. The Bertz CT molecular complexity index is 189. The Morgan fingerprint density at radius 3 is 2.60 bits per heavy atom. The van der Waals surface area contributed by atoms with Gasteiger partial charge in [-0.05, 0) is 51.5 Å². The molecule has 0 bridgehead atoms. The molecule has 0 heterocycles. The monoisotopic (exact) mass is 213 g/mol. The van der Waals surface area contributed by atoms with E-state index in [1.807, 2.05) is 7.11 Å². The molecule has 2 unspecified atom stereocenters. The van der Waals surface area contributed by atoms with Gasteiger partial charge in [0.2, 0.25) is 0 Å². The summed E-state index contributed by atoms with van der Waals surface area (Å²) >= 11 is 0. The molecular formula is C13H27NO. The molecule has 0 aliphatic heterocycles. The zero-order valence-electron chi connectivity index (χ0n) is 11.0. The molecule has 0 radical (unpaired) electrons. The van der Waals surface area contributed by atoms with Crippen LogP contribution in [0, 0.1) is 11.8 Å². The zero-order valence-corrected chi connectivity index (χ0v) is 11.0. The third-order valence-corrected chi connectivity index (χ3v) is 4.34. The molecule has 0 aromatic heterocycles. The van der Waals surface area contributed by atoms with Crippen LogP contribution in [0.25, 0.3) is 0 Å². The molecule has 0 amide bonds. The number of hydrogen-bond acceptors (Lipinski definition) is 2. The minimum Gasteiger partial charge on any atom is -0.381 e. The summed E-state index contributed by atoms with van der Waals surface area (Å²) in [5.74, 6) is 1.53. The van der Waals surface area contributed by atoms with Gasteiger partial charge in [0.25, 0.3) is 0 Å². The second-order valence-electron chi connectivity index (χ2n) is 5.33. The van der Waals surface area contributed by atoms with Crippen molar-refractivity contribution < 1.29 is 4.74 Å². The lowest BCUT2D eigenvalue weighted by molar-refractivity contribution is 0.0131. The molecule has 1 rings (SSSR count). The van der Waals surface area contributed by atoms with E-state index in [0.29, 0.717) is 17.6 Å². The van der Waals surface area contributed by atoms with Crippen LogP contribution < -0.4 is 5.32 Å². The molecule has 4 atom stereocenters. The van der Waals surface area contributed by atoms with Crippen molar-refractivity contribution in [3.05, 3.63) is 0 Å². The molecule has 15 heavy (non-hydrogen) atoms. The first-order chi connectivity index (χ1) is 7.06. The van der Waals surface area contributed by atoms with Gasteiger partial charge in [-0.2, -0.15) is 0 Å². The van der Waals surface area contributed by atoms with Gasteiger partial charge in [-0.25, -0.2) is 0 Å². The molecular weight excluding hydrogens is 186 g/mol. The quantitative estimate of drug-likeness (QED) is 0.775. The van der Waals surface area contributed by atoms with Crippen molar-refractivity contribution in [2.75, 3.05) is 14.2 Å². The van der Waals surface area contributed by atoms with Crippen LogP contribution in [0.5, 0.6) is 0 Å². The minimum absolute atomic E-state index is 0.356. The van der Waals surface area contributed by atoms with Crippen molar-refractivity contribution in [1.82, 2.24) is 5.32 Å². The topological polar surface area (TPSA) is 21.3 Å². The summed E-state index contributed by atoms with van der Waals surface area (Å²) in [4.78, 5) is 0. The van der Waals surface area contributed by atoms with E-state index in [4.69, 9.17) is 4.74 Å². The highest BCUT2D eigenvalue weighted by molar-refractivity contribution is 4.95. The molecule has 0 aromatic rings. The Morgan fingerprint density at radius 2 is 2.13 bits per heavy atom. The molecule has 1 aliphatic carbocycles. The number of hydrogen-bond donors (Lipinski definition) is 1. The first-order valence-corrected chi connectivity index (χ1v) is 6.28. The average Bonchev–Trinajstić information content (AvgIpc) is 2.27. The van der Waals surface area contributed by atoms with Crippen LogP contribution in [-0.2, 0) is 4.74 Å². The predicted molar refractivity (Wildman–Crippen MR) is 65.1 cm³/mol. The van der Waals surface area contributed by atoms with Gasteiger partial charge in [0, 0.05) is 12.6 Å². The fourth-order valence-corrected chi connectivity index (χ4v) is 3.16. The van der Waals surface area contributed by atoms with Crippen molar-refractivity contribution in [3.63, 3.8) is 0 Å². The lowest BCUT2D eigenvalue weighted by Crippen LogP contribution is -2.50. The molecule has 1 saturated carbocycles. The molecule has 2 nitrogen and oxygen atoms in total. The van der Waals surface area contributed by atoms with E-state index >= 15 is 0 Å². The number of nitrogens with one attached hydrogen (secondary N) is 1. The van der Waals surface area contributed by atoms with Crippen LogP contribution in [0.2, 0.25) is 0 Å². The first kappa shape index (κ1) is 13.0. The highest BCUT2D eigenvalue weighted by atomic mass is 16.5. The number of methoxy groups -OCH3 is 1. The zero-order chi connectivity index (χ0) is 11.5. The molecule has 0 saturated heterocycles. The van der Waals surface area contributed by atoms with E-state index in [1.165, 1.54) is 25.7 Å². The summed E-state index contributed by atoms with van der Waals surface area (Å²) in [5.41, 5.74) is 0.356. The molecule has 0 spiro atoms.